The molecule has 0 amide bonds. The molecule has 1 N–H and O–H groups in total. The van der Waals surface area contributed by atoms with Gasteiger partial charge in [0.15, 0.2) is 5.79 Å². The lowest BCUT2D eigenvalue weighted by atomic mass is 9.96. The summed E-state index contributed by atoms with van der Waals surface area (Å²) in [6.45, 7) is 3.64. The number of rotatable bonds is 5. The number of hydrogen-bond acceptors (Lipinski definition) is 4. The van der Waals surface area contributed by atoms with Gasteiger partial charge >= 0.3 is 5.97 Å². The average Bonchev–Trinajstić information content (AvgIpc) is 2.72. The first-order valence-electron chi connectivity index (χ1n) is 7.22. The van der Waals surface area contributed by atoms with Crippen molar-refractivity contribution in [3.05, 3.63) is 0 Å². The van der Waals surface area contributed by atoms with Gasteiger partial charge in [-0.3, -0.25) is 4.79 Å². The maximum absolute atomic E-state index is 10.6. The van der Waals surface area contributed by atoms with E-state index in [-0.39, 0.29) is 12.5 Å². The SMILES string of the molecule is CN1CCCCC1CC1(C)OCC(CCC(=O)O)O1. The van der Waals surface area contributed by atoms with Gasteiger partial charge in [-0.1, -0.05) is 6.42 Å². The van der Waals surface area contributed by atoms with E-state index in [0.717, 1.165) is 13.0 Å². The quantitative estimate of drug-likeness (QED) is 0.827. The third kappa shape index (κ3) is 4.16. The van der Waals surface area contributed by atoms with E-state index in [1.165, 1.54) is 19.3 Å². The third-order valence-electron chi connectivity index (χ3n) is 4.20. The number of carboxylic acids is 1. The Balaban J connectivity index is 1.81. The van der Waals surface area contributed by atoms with Crippen LogP contribution in [0.5, 0.6) is 0 Å². The maximum Gasteiger partial charge on any atom is 0.303 e. The van der Waals surface area contributed by atoms with Crippen molar-refractivity contribution in [2.75, 3.05) is 20.2 Å². The lowest BCUT2D eigenvalue weighted by Gasteiger charge is -2.37. The van der Waals surface area contributed by atoms with Crippen LogP contribution in [-0.4, -0.2) is 54.1 Å². The average molecular weight is 271 g/mol. The predicted molar refractivity (Wildman–Crippen MR) is 71.0 cm³/mol. The van der Waals surface area contributed by atoms with Crippen molar-refractivity contribution in [3.63, 3.8) is 0 Å². The molecule has 110 valence electrons. The van der Waals surface area contributed by atoms with Gasteiger partial charge in [-0.2, -0.15) is 0 Å². The van der Waals surface area contributed by atoms with Crippen LogP contribution < -0.4 is 0 Å². The van der Waals surface area contributed by atoms with Gasteiger partial charge in [-0.25, -0.2) is 0 Å². The molecule has 2 heterocycles. The van der Waals surface area contributed by atoms with Gasteiger partial charge < -0.3 is 19.5 Å². The van der Waals surface area contributed by atoms with Crippen LogP contribution in [0.4, 0.5) is 0 Å². The van der Waals surface area contributed by atoms with Gasteiger partial charge in [0.25, 0.3) is 0 Å². The molecule has 2 aliphatic heterocycles. The number of carboxylic acid groups (broad SMARTS) is 1. The zero-order chi connectivity index (χ0) is 13.9. The van der Waals surface area contributed by atoms with Crippen molar-refractivity contribution in [2.24, 2.45) is 0 Å². The fourth-order valence-corrected chi connectivity index (χ4v) is 3.05. The van der Waals surface area contributed by atoms with Crippen molar-refractivity contribution in [2.45, 2.75) is 63.4 Å². The molecule has 0 aromatic rings. The van der Waals surface area contributed by atoms with Crippen LogP contribution in [0.15, 0.2) is 0 Å². The van der Waals surface area contributed by atoms with E-state index in [0.29, 0.717) is 19.1 Å². The molecular weight excluding hydrogens is 246 g/mol. The highest BCUT2D eigenvalue weighted by Crippen LogP contribution is 2.33. The molecule has 3 unspecified atom stereocenters. The van der Waals surface area contributed by atoms with Crippen LogP contribution in [0.2, 0.25) is 0 Å². The van der Waals surface area contributed by atoms with Gasteiger partial charge in [0.1, 0.15) is 0 Å². The van der Waals surface area contributed by atoms with Crippen LogP contribution in [0.3, 0.4) is 0 Å². The van der Waals surface area contributed by atoms with Gasteiger partial charge in [0.2, 0.25) is 0 Å². The van der Waals surface area contributed by atoms with Crippen LogP contribution >= 0.6 is 0 Å². The van der Waals surface area contributed by atoms with E-state index < -0.39 is 11.8 Å². The summed E-state index contributed by atoms with van der Waals surface area (Å²) in [5, 5.41) is 8.70. The van der Waals surface area contributed by atoms with Crippen molar-refractivity contribution < 1.29 is 19.4 Å². The van der Waals surface area contributed by atoms with Crippen LogP contribution in [0, 0.1) is 0 Å². The molecule has 0 bridgehead atoms. The topological polar surface area (TPSA) is 59.0 Å². The largest absolute Gasteiger partial charge is 0.481 e. The fraction of sp³-hybridized carbons (Fsp3) is 0.929. The molecule has 5 nitrogen and oxygen atoms in total. The molecular formula is C14H25NO4. The minimum Gasteiger partial charge on any atom is -0.481 e. The minimum atomic E-state index is -0.774. The number of piperidine rings is 1. The summed E-state index contributed by atoms with van der Waals surface area (Å²) in [5.41, 5.74) is 0. The van der Waals surface area contributed by atoms with E-state index in [4.69, 9.17) is 14.6 Å². The normalized spacial score (nSPS) is 36.5. The van der Waals surface area contributed by atoms with Crippen LogP contribution in [0.25, 0.3) is 0 Å². The second-order valence-corrected chi connectivity index (χ2v) is 5.95. The van der Waals surface area contributed by atoms with Crippen molar-refractivity contribution in [1.29, 1.82) is 0 Å². The molecule has 2 fully saturated rings. The Kier molecular flexibility index (Phi) is 4.81. The smallest absolute Gasteiger partial charge is 0.303 e. The van der Waals surface area contributed by atoms with Gasteiger partial charge in [0.05, 0.1) is 12.7 Å². The molecule has 2 aliphatic rings. The summed E-state index contributed by atoms with van der Waals surface area (Å²) in [4.78, 5) is 13.0. The molecule has 0 aromatic heterocycles. The Morgan fingerprint density at radius 1 is 1.47 bits per heavy atom. The lowest BCUT2D eigenvalue weighted by molar-refractivity contribution is -0.170. The van der Waals surface area contributed by atoms with E-state index in [9.17, 15) is 4.79 Å². The maximum atomic E-state index is 10.6. The highest BCUT2D eigenvalue weighted by atomic mass is 16.7. The van der Waals surface area contributed by atoms with Gasteiger partial charge in [0, 0.05) is 18.9 Å². The number of nitrogens with zero attached hydrogens (tertiary/aromatic N) is 1. The Labute approximate surface area is 114 Å². The molecule has 0 saturated carbocycles. The summed E-state index contributed by atoms with van der Waals surface area (Å²) >= 11 is 0. The van der Waals surface area contributed by atoms with Crippen molar-refractivity contribution in [1.82, 2.24) is 4.90 Å². The van der Waals surface area contributed by atoms with E-state index in [1.807, 2.05) is 6.92 Å². The number of likely N-dealkylation sites (tertiary alicyclic amines) is 1. The molecule has 5 heteroatoms. The summed E-state index contributed by atoms with van der Waals surface area (Å²) in [6.07, 6.45) is 5.21. The number of hydrogen-bond donors (Lipinski definition) is 1. The first-order chi connectivity index (χ1) is 8.98. The number of ether oxygens (including phenoxy) is 2. The monoisotopic (exact) mass is 271 g/mol. The number of carbonyl (C=O) groups is 1. The second-order valence-electron chi connectivity index (χ2n) is 5.95. The zero-order valence-electron chi connectivity index (χ0n) is 11.9. The highest BCUT2D eigenvalue weighted by Gasteiger charge is 2.40. The Hall–Kier alpha value is -0.650. The summed E-state index contributed by atoms with van der Waals surface area (Å²) in [7, 11) is 2.16. The Bertz CT molecular complexity index is 323. The minimum absolute atomic E-state index is 0.0741. The van der Waals surface area contributed by atoms with E-state index in [2.05, 4.69) is 11.9 Å². The fourth-order valence-electron chi connectivity index (χ4n) is 3.05. The first kappa shape index (κ1) is 14.8. The summed E-state index contributed by atoms with van der Waals surface area (Å²) < 4.78 is 11.7. The Morgan fingerprint density at radius 2 is 2.26 bits per heavy atom. The molecule has 19 heavy (non-hydrogen) atoms. The molecule has 3 atom stereocenters. The van der Waals surface area contributed by atoms with Crippen LogP contribution in [0.1, 0.15) is 45.4 Å². The summed E-state index contributed by atoms with van der Waals surface area (Å²) in [5.74, 6) is -1.32. The van der Waals surface area contributed by atoms with E-state index >= 15 is 0 Å². The van der Waals surface area contributed by atoms with Crippen molar-refractivity contribution >= 4 is 5.97 Å². The highest BCUT2D eigenvalue weighted by molar-refractivity contribution is 5.66. The van der Waals surface area contributed by atoms with E-state index in [1.54, 1.807) is 0 Å². The standard InChI is InChI=1S/C14H25NO4/c1-14(9-11-5-3-4-8-15(11)2)18-10-12(19-14)6-7-13(16)17/h11-12H,3-10H2,1-2H3,(H,16,17). The zero-order valence-corrected chi connectivity index (χ0v) is 11.9. The molecule has 0 spiro atoms. The molecule has 0 aromatic carbocycles. The molecule has 0 radical (unpaired) electrons. The third-order valence-corrected chi connectivity index (χ3v) is 4.20. The van der Waals surface area contributed by atoms with Crippen LogP contribution in [-0.2, 0) is 14.3 Å². The molecule has 2 saturated heterocycles. The van der Waals surface area contributed by atoms with Crippen molar-refractivity contribution in [3.8, 4) is 0 Å². The number of aliphatic carboxylic acids is 1. The Morgan fingerprint density at radius 3 is 2.95 bits per heavy atom. The first-order valence-corrected chi connectivity index (χ1v) is 7.22. The molecule has 0 aliphatic carbocycles. The van der Waals surface area contributed by atoms with Gasteiger partial charge in [-0.15, -0.1) is 0 Å². The van der Waals surface area contributed by atoms with Gasteiger partial charge in [-0.05, 0) is 39.8 Å². The second kappa shape index (κ2) is 6.20. The summed E-state index contributed by atoms with van der Waals surface area (Å²) in [6, 6.07) is 0.511. The lowest BCUT2D eigenvalue weighted by Crippen LogP contribution is -2.42. The predicted octanol–water partition coefficient (Wildman–Crippen LogP) is 1.86. The molecule has 2 rings (SSSR count).